The van der Waals surface area contributed by atoms with Gasteiger partial charge in [0.2, 0.25) is 5.89 Å². The SMILES string of the molecule is Clc1ccc(-c2nc3ncccc3o2)cc1Cl. The number of oxazole rings is 1. The van der Waals surface area contributed by atoms with Crippen molar-refractivity contribution in [1.82, 2.24) is 9.97 Å². The average molecular weight is 265 g/mol. The summed E-state index contributed by atoms with van der Waals surface area (Å²) in [6.45, 7) is 0. The summed E-state index contributed by atoms with van der Waals surface area (Å²) in [4.78, 5) is 8.38. The zero-order valence-corrected chi connectivity index (χ0v) is 10.0. The fourth-order valence-electron chi connectivity index (χ4n) is 1.52. The Morgan fingerprint density at radius 2 is 1.94 bits per heavy atom. The number of hydrogen-bond donors (Lipinski definition) is 0. The highest BCUT2D eigenvalue weighted by atomic mass is 35.5. The van der Waals surface area contributed by atoms with Crippen LogP contribution in [0.2, 0.25) is 10.0 Å². The standard InChI is InChI=1S/C12H6Cl2N2O/c13-8-4-3-7(6-9(8)14)12-16-11-10(17-12)2-1-5-15-11/h1-6H. The Morgan fingerprint density at radius 1 is 1.06 bits per heavy atom. The van der Waals surface area contributed by atoms with Crippen molar-refractivity contribution in [3.8, 4) is 11.5 Å². The predicted molar refractivity (Wildman–Crippen MR) is 67.3 cm³/mol. The summed E-state index contributed by atoms with van der Waals surface area (Å²) in [6, 6.07) is 8.84. The van der Waals surface area contributed by atoms with Crippen LogP contribution in [0.4, 0.5) is 0 Å². The minimum Gasteiger partial charge on any atom is -0.434 e. The van der Waals surface area contributed by atoms with Crippen molar-refractivity contribution < 1.29 is 4.42 Å². The molecule has 84 valence electrons. The van der Waals surface area contributed by atoms with E-state index in [0.29, 0.717) is 27.2 Å². The molecule has 2 aromatic heterocycles. The van der Waals surface area contributed by atoms with Crippen LogP contribution in [0.25, 0.3) is 22.7 Å². The van der Waals surface area contributed by atoms with Crippen molar-refractivity contribution in [2.24, 2.45) is 0 Å². The fourth-order valence-corrected chi connectivity index (χ4v) is 1.82. The van der Waals surface area contributed by atoms with Crippen LogP contribution >= 0.6 is 23.2 Å². The molecule has 17 heavy (non-hydrogen) atoms. The molecule has 0 spiro atoms. The highest BCUT2D eigenvalue weighted by molar-refractivity contribution is 6.42. The second-order valence-electron chi connectivity index (χ2n) is 3.47. The van der Waals surface area contributed by atoms with E-state index in [2.05, 4.69) is 9.97 Å². The topological polar surface area (TPSA) is 38.9 Å². The third-order valence-corrected chi connectivity index (χ3v) is 3.07. The normalized spacial score (nSPS) is 10.9. The van der Waals surface area contributed by atoms with E-state index in [-0.39, 0.29) is 0 Å². The van der Waals surface area contributed by atoms with E-state index in [4.69, 9.17) is 27.6 Å². The van der Waals surface area contributed by atoms with E-state index >= 15 is 0 Å². The lowest BCUT2D eigenvalue weighted by Crippen LogP contribution is -1.78. The van der Waals surface area contributed by atoms with Crippen LogP contribution in [0.5, 0.6) is 0 Å². The molecule has 0 saturated carbocycles. The second-order valence-corrected chi connectivity index (χ2v) is 4.29. The van der Waals surface area contributed by atoms with Crippen molar-refractivity contribution in [2.45, 2.75) is 0 Å². The minimum absolute atomic E-state index is 0.472. The summed E-state index contributed by atoms with van der Waals surface area (Å²) >= 11 is 11.8. The molecule has 5 heteroatoms. The summed E-state index contributed by atoms with van der Waals surface area (Å²) in [5.74, 6) is 0.484. The zero-order chi connectivity index (χ0) is 11.8. The highest BCUT2D eigenvalue weighted by Gasteiger charge is 2.09. The number of rotatable bonds is 1. The van der Waals surface area contributed by atoms with E-state index in [1.54, 1.807) is 30.5 Å². The lowest BCUT2D eigenvalue weighted by Gasteiger charge is -1.97. The van der Waals surface area contributed by atoms with Gasteiger partial charge in [-0.05, 0) is 30.3 Å². The Balaban J connectivity index is 2.17. The highest BCUT2D eigenvalue weighted by Crippen LogP contribution is 2.29. The number of aromatic nitrogens is 2. The van der Waals surface area contributed by atoms with Gasteiger partial charge < -0.3 is 4.42 Å². The lowest BCUT2D eigenvalue weighted by molar-refractivity contribution is 0.619. The van der Waals surface area contributed by atoms with E-state index in [9.17, 15) is 0 Å². The number of pyridine rings is 1. The van der Waals surface area contributed by atoms with Crippen LogP contribution < -0.4 is 0 Å². The maximum absolute atomic E-state index is 5.95. The molecular weight excluding hydrogens is 259 g/mol. The van der Waals surface area contributed by atoms with E-state index in [0.717, 1.165) is 5.56 Å². The average Bonchev–Trinajstić information content (AvgIpc) is 2.76. The van der Waals surface area contributed by atoms with Gasteiger partial charge in [-0.25, -0.2) is 4.98 Å². The van der Waals surface area contributed by atoms with Crippen molar-refractivity contribution >= 4 is 34.4 Å². The Bertz CT molecular complexity index is 661. The van der Waals surface area contributed by atoms with Gasteiger partial charge >= 0.3 is 0 Å². The first kappa shape index (κ1) is 10.6. The van der Waals surface area contributed by atoms with Gasteiger partial charge in [-0.3, -0.25) is 0 Å². The monoisotopic (exact) mass is 264 g/mol. The fraction of sp³-hybridized carbons (Fsp3) is 0. The van der Waals surface area contributed by atoms with Crippen molar-refractivity contribution in [2.75, 3.05) is 0 Å². The van der Waals surface area contributed by atoms with Gasteiger partial charge in [0.25, 0.3) is 0 Å². The van der Waals surface area contributed by atoms with E-state index in [1.165, 1.54) is 0 Å². The smallest absolute Gasteiger partial charge is 0.228 e. The quantitative estimate of drug-likeness (QED) is 0.662. The number of nitrogens with zero attached hydrogens (tertiary/aromatic N) is 2. The summed E-state index contributed by atoms with van der Waals surface area (Å²) < 4.78 is 5.57. The van der Waals surface area contributed by atoms with Crippen LogP contribution in [0, 0.1) is 0 Å². The first-order valence-corrected chi connectivity index (χ1v) is 5.66. The molecule has 0 saturated heterocycles. The maximum Gasteiger partial charge on any atom is 0.228 e. The molecule has 0 fully saturated rings. The molecule has 0 aliphatic carbocycles. The second kappa shape index (κ2) is 4.02. The predicted octanol–water partition coefficient (Wildman–Crippen LogP) is 4.20. The van der Waals surface area contributed by atoms with Gasteiger partial charge in [0, 0.05) is 11.8 Å². The molecule has 0 atom stereocenters. The molecule has 0 aliphatic rings. The molecular formula is C12H6Cl2N2O. The van der Waals surface area contributed by atoms with Gasteiger partial charge in [0.1, 0.15) is 0 Å². The van der Waals surface area contributed by atoms with Gasteiger partial charge in [-0.2, -0.15) is 4.98 Å². The number of hydrogen-bond acceptors (Lipinski definition) is 3. The maximum atomic E-state index is 5.95. The molecule has 3 rings (SSSR count). The molecule has 0 amide bonds. The van der Waals surface area contributed by atoms with Crippen molar-refractivity contribution in [1.29, 1.82) is 0 Å². The van der Waals surface area contributed by atoms with Crippen LogP contribution in [0.15, 0.2) is 40.9 Å². The summed E-state index contributed by atoms with van der Waals surface area (Å²) in [5, 5.41) is 0.976. The lowest BCUT2D eigenvalue weighted by atomic mass is 10.2. The molecule has 1 aromatic carbocycles. The Morgan fingerprint density at radius 3 is 2.71 bits per heavy atom. The molecule has 0 bridgehead atoms. The molecule has 3 aromatic rings. The molecule has 3 nitrogen and oxygen atoms in total. The summed E-state index contributed by atoms with van der Waals surface area (Å²) in [7, 11) is 0. The van der Waals surface area contributed by atoms with E-state index < -0.39 is 0 Å². The summed E-state index contributed by atoms with van der Waals surface area (Å²) in [6.07, 6.45) is 1.67. The zero-order valence-electron chi connectivity index (χ0n) is 8.52. The van der Waals surface area contributed by atoms with Crippen LogP contribution in [0.3, 0.4) is 0 Å². The minimum atomic E-state index is 0.472. The number of benzene rings is 1. The third-order valence-electron chi connectivity index (χ3n) is 2.33. The molecule has 2 heterocycles. The van der Waals surface area contributed by atoms with Gasteiger partial charge in [-0.15, -0.1) is 0 Å². The Labute approximate surface area is 107 Å². The summed E-state index contributed by atoms with van der Waals surface area (Å²) in [5.41, 5.74) is 2.00. The molecule has 0 N–H and O–H groups in total. The largest absolute Gasteiger partial charge is 0.434 e. The van der Waals surface area contributed by atoms with Gasteiger partial charge in [0.15, 0.2) is 11.2 Å². The van der Waals surface area contributed by atoms with Gasteiger partial charge in [-0.1, -0.05) is 23.2 Å². The van der Waals surface area contributed by atoms with Crippen LogP contribution in [-0.2, 0) is 0 Å². The first-order chi connectivity index (χ1) is 8.24. The molecule has 0 radical (unpaired) electrons. The molecule has 0 unspecified atom stereocenters. The van der Waals surface area contributed by atoms with E-state index in [1.807, 2.05) is 6.07 Å². The van der Waals surface area contributed by atoms with Crippen molar-refractivity contribution in [3.05, 3.63) is 46.6 Å². The number of fused-ring (bicyclic) bond motifs is 1. The number of halogens is 2. The first-order valence-electron chi connectivity index (χ1n) is 4.91. The van der Waals surface area contributed by atoms with Crippen LogP contribution in [0.1, 0.15) is 0 Å². The Hall–Kier alpha value is -1.58. The third kappa shape index (κ3) is 1.88. The van der Waals surface area contributed by atoms with Crippen molar-refractivity contribution in [3.63, 3.8) is 0 Å². The van der Waals surface area contributed by atoms with Gasteiger partial charge in [0.05, 0.1) is 10.0 Å². The molecule has 0 aliphatic heterocycles. The Kier molecular flexibility index (Phi) is 2.50. The van der Waals surface area contributed by atoms with Crippen LogP contribution in [-0.4, -0.2) is 9.97 Å².